The van der Waals surface area contributed by atoms with E-state index in [9.17, 15) is 9.59 Å². The molecule has 1 aromatic carbocycles. The summed E-state index contributed by atoms with van der Waals surface area (Å²) in [5.74, 6) is -0.379. The third kappa shape index (κ3) is 2.78. The fourth-order valence-electron chi connectivity index (χ4n) is 4.47. The van der Waals surface area contributed by atoms with E-state index in [0.717, 1.165) is 31.6 Å². The van der Waals surface area contributed by atoms with Crippen molar-refractivity contribution in [2.24, 2.45) is 11.8 Å². The van der Waals surface area contributed by atoms with Crippen molar-refractivity contribution in [3.8, 4) is 0 Å². The lowest BCUT2D eigenvalue weighted by Crippen LogP contribution is -2.31. The molecule has 0 N–H and O–H groups in total. The van der Waals surface area contributed by atoms with Crippen LogP contribution in [0.15, 0.2) is 35.4 Å². The van der Waals surface area contributed by atoms with Crippen LogP contribution in [0, 0.1) is 11.8 Å². The highest BCUT2D eigenvalue weighted by Gasteiger charge is 2.49. The second kappa shape index (κ2) is 6.32. The number of benzene rings is 1. The Balaban J connectivity index is 1.56. The van der Waals surface area contributed by atoms with E-state index in [1.807, 2.05) is 12.1 Å². The number of imide groups is 1. The van der Waals surface area contributed by atoms with E-state index >= 15 is 0 Å². The predicted molar refractivity (Wildman–Crippen MR) is 99.6 cm³/mol. The zero-order chi connectivity index (χ0) is 17.6. The maximum absolute atomic E-state index is 12.9. The molecule has 4 heteroatoms. The van der Waals surface area contributed by atoms with Crippen LogP contribution in [0.4, 0.5) is 11.4 Å². The SMILES string of the molecule is CC1=C(C)C[C@H]2C(=O)N(c3ccc(N4CCCCC4)cc3)C(=O)[C@H]2C1. The van der Waals surface area contributed by atoms with Gasteiger partial charge in [0, 0.05) is 18.8 Å². The normalized spacial score (nSPS) is 27.1. The van der Waals surface area contributed by atoms with Crippen LogP contribution in [0.3, 0.4) is 0 Å². The molecule has 0 spiro atoms. The van der Waals surface area contributed by atoms with Crippen LogP contribution in [0.1, 0.15) is 46.0 Å². The first-order valence-electron chi connectivity index (χ1n) is 9.44. The van der Waals surface area contributed by atoms with E-state index in [0.29, 0.717) is 0 Å². The number of allylic oxidation sites excluding steroid dienone is 2. The number of hydrogen-bond donors (Lipinski definition) is 0. The summed E-state index contributed by atoms with van der Waals surface area (Å²) in [6.07, 6.45) is 5.23. The topological polar surface area (TPSA) is 40.6 Å². The number of hydrogen-bond acceptors (Lipinski definition) is 3. The highest BCUT2D eigenvalue weighted by molar-refractivity contribution is 6.22. The van der Waals surface area contributed by atoms with Crippen molar-refractivity contribution in [1.82, 2.24) is 0 Å². The molecule has 2 aliphatic heterocycles. The minimum Gasteiger partial charge on any atom is -0.372 e. The molecule has 132 valence electrons. The Hall–Kier alpha value is -2.10. The maximum atomic E-state index is 12.9. The van der Waals surface area contributed by atoms with Crippen LogP contribution in [0.2, 0.25) is 0 Å². The molecular weight excluding hydrogens is 312 g/mol. The van der Waals surface area contributed by atoms with Crippen LogP contribution in [-0.2, 0) is 9.59 Å². The summed E-state index contributed by atoms with van der Waals surface area (Å²) in [7, 11) is 0. The Morgan fingerprint density at radius 1 is 0.760 bits per heavy atom. The average Bonchev–Trinajstić information content (AvgIpc) is 2.87. The summed E-state index contributed by atoms with van der Waals surface area (Å²) >= 11 is 0. The molecule has 0 radical (unpaired) electrons. The number of anilines is 2. The van der Waals surface area contributed by atoms with Crippen molar-refractivity contribution in [2.45, 2.75) is 46.0 Å². The standard InChI is InChI=1S/C21H26N2O2/c1-14-12-18-19(13-15(14)2)21(25)23(20(18)24)17-8-6-16(7-9-17)22-10-4-3-5-11-22/h6-9,18-19H,3-5,10-13H2,1-2H3/t18-,19+. The number of rotatable bonds is 2. The van der Waals surface area contributed by atoms with Crippen LogP contribution >= 0.6 is 0 Å². The quantitative estimate of drug-likeness (QED) is 0.606. The van der Waals surface area contributed by atoms with Crippen molar-refractivity contribution in [1.29, 1.82) is 0 Å². The Labute approximate surface area is 149 Å². The van der Waals surface area contributed by atoms with E-state index in [2.05, 4.69) is 30.9 Å². The summed E-state index contributed by atoms with van der Waals surface area (Å²) in [4.78, 5) is 29.5. The Morgan fingerprint density at radius 2 is 1.24 bits per heavy atom. The smallest absolute Gasteiger partial charge is 0.238 e. The van der Waals surface area contributed by atoms with Crippen LogP contribution in [-0.4, -0.2) is 24.9 Å². The van der Waals surface area contributed by atoms with Crippen molar-refractivity contribution >= 4 is 23.2 Å². The fraction of sp³-hybridized carbons (Fsp3) is 0.524. The number of nitrogens with zero attached hydrogens (tertiary/aromatic N) is 2. The monoisotopic (exact) mass is 338 g/mol. The van der Waals surface area contributed by atoms with Crippen LogP contribution < -0.4 is 9.80 Å². The predicted octanol–water partition coefficient (Wildman–Crippen LogP) is 3.91. The Bertz CT molecular complexity index is 697. The van der Waals surface area contributed by atoms with Crippen molar-refractivity contribution in [3.05, 3.63) is 35.4 Å². The lowest BCUT2D eigenvalue weighted by molar-refractivity contribution is -0.122. The third-order valence-corrected chi connectivity index (χ3v) is 6.17. The molecular formula is C21H26N2O2. The number of carbonyl (C=O) groups is 2. The minimum atomic E-state index is -0.169. The molecule has 2 heterocycles. The summed E-state index contributed by atoms with van der Waals surface area (Å²) in [5, 5.41) is 0. The molecule has 3 aliphatic rings. The first-order valence-corrected chi connectivity index (χ1v) is 9.44. The highest BCUT2D eigenvalue weighted by atomic mass is 16.2. The molecule has 4 rings (SSSR count). The molecule has 0 saturated carbocycles. The van der Waals surface area contributed by atoms with Gasteiger partial charge in [0.25, 0.3) is 0 Å². The molecule has 2 amide bonds. The molecule has 1 aliphatic carbocycles. The average molecular weight is 338 g/mol. The van der Waals surface area contributed by atoms with E-state index in [1.165, 1.54) is 41.0 Å². The molecule has 0 aromatic heterocycles. The summed E-state index contributed by atoms with van der Waals surface area (Å²) in [6, 6.07) is 7.98. The van der Waals surface area contributed by atoms with Gasteiger partial charge in [-0.25, -0.2) is 0 Å². The molecule has 0 unspecified atom stereocenters. The highest BCUT2D eigenvalue weighted by Crippen LogP contribution is 2.42. The van der Waals surface area contributed by atoms with Gasteiger partial charge in [0.15, 0.2) is 0 Å². The van der Waals surface area contributed by atoms with E-state index in [1.54, 1.807) is 0 Å². The molecule has 4 nitrogen and oxygen atoms in total. The molecule has 2 saturated heterocycles. The van der Waals surface area contributed by atoms with Gasteiger partial charge in [0.05, 0.1) is 17.5 Å². The molecule has 0 bridgehead atoms. The Morgan fingerprint density at radius 3 is 1.76 bits per heavy atom. The zero-order valence-corrected chi connectivity index (χ0v) is 15.1. The number of fused-ring (bicyclic) bond motifs is 1. The van der Waals surface area contributed by atoms with Gasteiger partial charge in [0.1, 0.15) is 0 Å². The van der Waals surface area contributed by atoms with Gasteiger partial charge < -0.3 is 4.90 Å². The van der Waals surface area contributed by atoms with Gasteiger partial charge >= 0.3 is 0 Å². The van der Waals surface area contributed by atoms with Gasteiger partial charge in [-0.3, -0.25) is 14.5 Å². The second-order valence-electron chi connectivity index (χ2n) is 7.76. The second-order valence-corrected chi connectivity index (χ2v) is 7.76. The first kappa shape index (κ1) is 16.4. The fourth-order valence-corrected chi connectivity index (χ4v) is 4.47. The van der Waals surface area contributed by atoms with Gasteiger partial charge in [-0.2, -0.15) is 0 Å². The maximum Gasteiger partial charge on any atom is 0.238 e. The Kier molecular flexibility index (Phi) is 4.14. The van der Waals surface area contributed by atoms with Crippen molar-refractivity contribution < 1.29 is 9.59 Å². The lowest BCUT2D eigenvalue weighted by Gasteiger charge is -2.29. The third-order valence-electron chi connectivity index (χ3n) is 6.17. The van der Waals surface area contributed by atoms with Crippen LogP contribution in [0.5, 0.6) is 0 Å². The lowest BCUT2D eigenvalue weighted by atomic mass is 9.78. The summed E-state index contributed by atoms with van der Waals surface area (Å²) in [5.41, 5.74) is 4.45. The van der Waals surface area contributed by atoms with Gasteiger partial charge in [-0.1, -0.05) is 11.1 Å². The number of carbonyl (C=O) groups excluding carboxylic acids is 2. The van der Waals surface area contributed by atoms with Gasteiger partial charge in [0.2, 0.25) is 11.8 Å². The van der Waals surface area contributed by atoms with E-state index in [-0.39, 0.29) is 23.7 Å². The number of amides is 2. The summed E-state index contributed by atoms with van der Waals surface area (Å²) < 4.78 is 0. The van der Waals surface area contributed by atoms with Crippen molar-refractivity contribution in [3.63, 3.8) is 0 Å². The van der Waals surface area contributed by atoms with Crippen molar-refractivity contribution in [2.75, 3.05) is 22.9 Å². The first-order chi connectivity index (χ1) is 12.1. The zero-order valence-electron chi connectivity index (χ0n) is 15.1. The van der Waals surface area contributed by atoms with Crippen LogP contribution in [0.25, 0.3) is 0 Å². The van der Waals surface area contributed by atoms with E-state index < -0.39 is 0 Å². The molecule has 2 fully saturated rings. The molecule has 1 aromatic rings. The van der Waals surface area contributed by atoms with Gasteiger partial charge in [-0.15, -0.1) is 0 Å². The summed E-state index contributed by atoms with van der Waals surface area (Å²) in [6.45, 7) is 6.35. The minimum absolute atomic E-state index is 0.0208. The number of piperidine rings is 1. The largest absolute Gasteiger partial charge is 0.372 e. The van der Waals surface area contributed by atoms with E-state index in [4.69, 9.17) is 0 Å². The molecule has 2 atom stereocenters. The van der Waals surface area contributed by atoms with Gasteiger partial charge in [-0.05, 0) is 70.2 Å². The molecule has 25 heavy (non-hydrogen) atoms.